The molecule has 0 radical (unpaired) electrons. The second-order valence-corrected chi connectivity index (χ2v) is 7.69. The molecule has 2 rings (SSSR count). The third-order valence-corrected chi connectivity index (χ3v) is 5.88. The van der Waals surface area contributed by atoms with Gasteiger partial charge in [-0.1, -0.05) is 24.3 Å². The summed E-state index contributed by atoms with van der Waals surface area (Å²) in [5, 5.41) is 4.70. The zero-order valence-electron chi connectivity index (χ0n) is 12.4. The Morgan fingerprint density at radius 1 is 1.29 bits per heavy atom. The molecule has 1 aromatic carbocycles. The van der Waals surface area contributed by atoms with E-state index in [1.807, 2.05) is 45.2 Å². The smallest absolute Gasteiger partial charge is 0.241 e. The van der Waals surface area contributed by atoms with Gasteiger partial charge in [0.2, 0.25) is 10.0 Å². The van der Waals surface area contributed by atoms with Crippen LogP contribution in [0.5, 0.6) is 0 Å². The lowest BCUT2D eigenvalue weighted by Gasteiger charge is -2.16. The average Bonchev–Trinajstić information content (AvgIpc) is 2.88. The topological polar surface area (TPSA) is 58.2 Å². The van der Waals surface area contributed by atoms with Crippen LogP contribution in [0.2, 0.25) is 0 Å². The van der Waals surface area contributed by atoms with E-state index in [4.69, 9.17) is 0 Å². The zero-order chi connectivity index (χ0) is 15.5. The van der Waals surface area contributed by atoms with Crippen molar-refractivity contribution in [3.63, 3.8) is 0 Å². The van der Waals surface area contributed by atoms with E-state index in [0.29, 0.717) is 11.4 Å². The highest BCUT2D eigenvalue weighted by molar-refractivity contribution is 7.89. The molecular formula is C15H20N2O2S2. The van der Waals surface area contributed by atoms with E-state index < -0.39 is 10.0 Å². The van der Waals surface area contributed by atoms with Crippen LogP contribution < -0.4 is 10.0 Å². The number of rotatable bonds is 6. The van der Waals surface area contributed by atoms with E-state index in [1.165, 1.54) is 11.3 Å². The summed E-state index contributed by atoms with van der Waals surface area (Å²) in [4.78, 5) is 1.33. The minimum atomic E-state index is -3.49. The molecule has 4 nitrogen and oxygen atoms in total. The van der Waals surface area contributed by atoms with Crippen molar-refractivity contribution in [3.8, 4) is 0 Å². The average molecular weight is 324 g/mol. The standard InChI is InChI=1S/C15H20N2O2S2/c1-11-6-4-5-7-15(11)12(2)17-21(18,19)14-8-13(9-16-3)20-10-14/h4-8,10,12,16-17H,9H2,1-3H3. The molecule has 2 aromatic rings. The van der Waals surface area contributed by atoms with Crippen molar-refractivity contribution in [1.29, 1.82) is 0 Å². The maximum absolute atomic E-state index is 12.4. The van der Waals surface area contributed by atoms with Gasteiger partial charge < -0.3 is 5.32 Å². The highest BCUT2D eigenvalue weighted by atomic mass is 32.2. The summed E-state index contributed by atoms with van der Waals surface area (Å²) < 4.78 is 27.6. The third kappa shape index (κ3) is 3.91. The Hall–Kier alpha value is -1.21. The van der Waals surface area contributed by atoms with Gasteiger partial charge in [-0.3, -0.25) is 0 Å². The van der Waals surface area contributed by atoms with Gasteiger partial charge in [-0.25, -0.2) is 13.1 Å². The lowest BCUT2D eigenvalue weighted by molar-refractivity contribution is 0.566. The summed E-state index contributed by atoms with van der Waals surface area (Å²) in [5.41, 5.74) is 2.07. The molecule has 0 aliphatic heterocycles. The van der Waals surface area contributed by atoms with Crippen molar-refractivity contribution >= 4 is 21.4 Å². The quantitative estimate of drug-likeness (QED) is 0.859. The number of thiophene rings is 1. The van der Waals surface area contributed by atoms with Gasteiger partial charge in [-0.2, -0.15) is 0 Å². The van der Waals surface area contributed by atoms with Crippen LogP contribution in [0.15, 0.2) is 40.6 Å². The van der Waals surface area contributed by atoms with Crippen LogP contribution in [-0.2, 0) is 16.6 Å². The van der Waals surface area contributed by atoms with Crippen molar-refractivity contribution in [1.82, 2.24) is 10.0 Å². The van der Waals surface area contributed by atoms with Gasteiger partial charge in [0.25, 0.3) is 0 Å². The highest BCUT2D eigenvalue weighted by Gasteiger charge is 2.20. The molecule has 21 heavy (non-hydrogen) atoms. The summed E-state index contributed by atoms with van der Waals surface area (Å²) in [6.07, 6.45) is 0. The van der Waals surface area contributed by atoms with Crippen molar-refractivity contribution in [3.05, 3.63) is 51.7 Å². The predicted molar refractivity (Wildman–Crippen MR) is 87.0 cm³/mol. The molecule has 0 bridgehead atoms. The van der Waals surface area contributed by atoms with E-state index in [-0.39, 0.29) is 6.04 Å². The Labute approximate surface area is 130 Å². The first-order chi connectivity index (χ1) is 9.94. The summed E-state index contributed by atoms with van der Waals surface area (Å²) >= 11 is 1.45. The second-order valence-electron chi connectivity index (χ2n) is 4.98. The second kappa shape index (κ2) is 6.70. The Bertz CT molecular complexity index is 708. The predicted octanol–water partition coefficient (Wildman–Crippen LogP) is 2.82. The number of nitrogens with one attached hydrogen (secondary N) is 2. The first kappa shape index (κ1) is 16.2. The van der Waals surface area contributed by atoms with Crippen LogP contribution in [0.3, 0.4) is 0 Å². The third-order valence-electron chi connectivity index (χ3n) is 3.28. The molecule has 6 heteroatoms. The zero-order valence-corrected chi connectivity index (χ0v) is 14.0. The number of hydrogen-bond acceptors (Lipinski definition) is 4. The number of benzene rings is 1. The molecule has 0 spiro atoms. The maximum atomic E-state index is 12.4. The van der Waals surface area contributed by atoms with Crippen LogP contribution in [-0.4, -0.2) is 15.5 Å². The fourth-order valence-corrected chi connectivity index (χ4v) is 4.72. The van der Waals surface area contributed by atoms with Gasteiger partial charge in [0, 0.05) is 22.8 Å². The van der Waals surface area contributed by atoms with Gasteiger partial charge in [0.05, 0.1) is 4.90 Å². The van der Waals surface area contributed by atoms with Crippen LogP contribution in [0.1, 0.15) is 29.0 Å². The monoisotopic (exact) mass is 324 g/mol. The summed E-state index contributed by atoms with van der Waals surface area (Å²) in [5.74, 6) is 0. The van der Waals surface area contributed by atoms with Crippen molar-refractivity contribution in [2.75, 3.05) is 7.05 Å². The molecular weight excluding hydrogens is 304 g/mol. The van der Waals surface area contributed by atoms with E-state index in [0.717, 1.165) is 16.0 Å². The molecule has 2 N–H and O–H groups in total. The van der Waals surface area contributed by atoms with Gasteiger partial charge in [0.15, 0.2) is 0 Å². The van der Waals surface area contributed by atoms with Crippen LogP contribution in [0.4, 0.5) is 0 Å². The number of sulfonamides is 1. The molecule has 0 amide bonds. The van der Waals surface area contributed by atoms with Gasteiger partial charge in [0.1, 0.15) is 0 Å². The Morgan fingerprint density at radius 3 is 2.67 bits per heavy atom. The van der Waals surface area contributed by atoms with E-state index >= 15 is 0 Å². The van der Waals surface area contributed by atoms with Crippen molar-refractivity contribution < 1.29 is 8.42 Å². The van der Waals surface area contributed by atoms with Crippen molar-refractivity contribution in [2.45, 2.75) is 31.3 Å². The molecule has 1 aromatic heterocycles. The Morgan fingerprint density at radius 2 is 2.00 bits per heavy atom. The van der Waals surface area contributed by atoms with Gasteiger partial charge in [-0.15, -0.1) is 11.3 Å². The molecule has 0 saturated carbocycles. The number of aryl methyl sites for hydroxylation is 1. The SMILES string of the molecule is CNCc1cc(S(=O)(=O)NC(C)c2ccccc2C)cs1. The van der Waals surface area contributed by atoms with Crippen LogP contribution in [0, 0.1) is 6.92 Å². The van der Waals surface area contributed by atoms with Gasteiger partial charge in [-0.05, 0) is 38.1 Å². The summed E-state index contributed by atoms with van der Waals surface area (Å²) in [6, 6.07) is 9.25. The van der Waals surface area contributed by atoms with E-state index in [1.54, 1.807) is 11.4 Å². The fraction of sp³-hybridized carbons (Fsp3) is 0.333. The van der Waals surface area contributed by atoms with Crippen LogP contribution in [0.25, 0.3) is 0 Å². The molecule has 1 heterocycles. The summed E-state index contributed by atoms with van der Waals surface area (Å²) in [6.45, 7) is 4.52. The molecule has 0 aliphatic rings. The molecule has 1 atom stereocenters. The minimum Gasteiger partial charge on any atom is -0.315 e. The number of hydrogen-bond donors (Lipinski definition) is 2. The molecule has 0 fully saturated rings. The summed E-state index contributed by atoms with van der Waals surface area (Å²) in [7, 11) is -1.65. The van der Waals surface area contributed by atoms with E-state index in [2.05, 4.69) is 10.0 Å². The maximum Gasteiger partial charge on any atom is 0.241 e. The van der Waals surface area contributed by atoms with E-state index in [9.17, 15) is 8.42 Å². The first-order valence-corrected chi connectivity index (χ1v) is 9.10. The van der Waals surface area contributed by atoms with Crippen molar-refractivity contribution in [2.24, 2.45) is 0 Å². The Balaban J connectivity index is 2.18. The first-order valence-electron chi connectivity index (χ1n) is 6.74. The molecule has 114 valence electrons. The molecule has 0 saturated heterocycles. The normalized spacial score (nSPS) is 13.3. The van der Waals surface area contributed by atoms with Gasteiger partial charge >= 0.3 is 0 Å². The Kier molecular flexibility index (Phi) is 5.16. The van der Waals surface area contributed by atoms with Crippen LogP contribution >= 0.6 is 11.3 Å². The lowest BCUT2D eigenvalue weighted by Crippen LogP contribution is -2.27. The largest absolute Gasteiger partial charge is 0.315 e. The fourth-order valence-electron chi connectivity index (χ4n) is 2.21. The minimum absolute atomic E-state index is 0.260. The lowest BCUT2D eigenvalue weighted by atomic mass is 10.0. The molecule has 1 unspecified atom stereocenters. The molecule has 0 aliphatic carbocycles. The highest BCUT2D eigenvalue weighted by Crippen LogP contribution is 2.23.